The smallest absolute Gasteiger partial charge is 0.224 e. The fourth-order valence-electron chi connectivity index (χ4n) is 2.89. The van der Waals surface area contributed by atoms with Gasteiger partial charge in [-0.1, -0.05) is 55.0 Å². The third-order valence-electron chi connectivity index (χ3n) is 4.49. The van der Waals surface area contributed by atoms with Crippen LogP contribution in [0.5, 0.6) is 0 Å². The van der Waals surface area contributed by atoms with Crippen molar-refractivity contribution in [3.8, 4) is 5.69 Å². The third-order valence-corrected chi connectivity index (χ3v) is 4.49. The third kappa shape index (κ3) is 4.71. The van der Waals surface area contributed by atoms with Gasteiger partial charge >= 0.3 is 0 Å². The topological polar surface area (TPSA) is 76.9 Å². The highest BCUT2D eigenvalue weighted by Gasteiger charge is 2.12. The van der Waals surface area contributed by atoms with Crippen LogP contribution in [0.25, 0.3) is 5.69 Å². The Kier molecular flexibility index (Phi) is 5.99. The molecule has 0 unspecified atom stereocenters. The van der Waals surface area contributed by atoms with Gasteiger partial charge in [0.25, 0.3) is 0 Å². The number of amides is 1. The van der Waals surface area contributed by atoms with Crippen LogP contribution in [0.2, 0.25) is 0 Å². The van der Waals surface area contributed by atoms with Crippen LogP contribution in [-0.4, -0.2) is 26.7 Å². The van der Waals surface area contributed by atoms with E-state index in [0.717, 1.165) is 16.9 Å². The van der Waals surface area contributed by atoms with E-state index in [0.29, 0.717) is 11.3 Å². The Labute approximate surface area is 164 Å². The molecule has 0 spiro atoms. The highest BCUT2D eigenvalue weighted by molar-refractivity contribution is 6.00. The number of aromatic nitrogens is 3. The van der Waals surface area contributed by atoms with Gasteiger partial charge in [-0.05, 0) is 31.0 Å². The minimum atomic E-state index is -0.194. The number of carbonyl (C=O) groups excluding carboxylic acids is 2. The van der Waals surface area contributed by atoms with Gasteiger partial charge in [0.15, 0.2) is 5.78 Å². The Morgan fingerprint density at radius 2 is 1.82 bits per heavy atom. The lowest BCUT2D eigenvalue weighted by Gasteiger charge is -2.11. The number of aryl methyl sites for hydroxylation is 1. The van der Waals surface area contributed by atoms with Crippen LogP contribution < -0.4 is 5.32 Å². The number of Topliss-reactive ketones (excluding diaryl/α,β-unsaturated/α-hetero) is 1. The molecular formula is C22H24N4O2. The maximum atomic E-state index is 12.3. The molecule has 0 saturated heterocycles. The van der Waals surface area contributed by atoms with E-state index in [1.165, 1.54) is 0 Å². The second-order valence-corrected chi connectivity index (χ2v) is 7.11. The van der Waals surface area contributed by atoms with E-state index in [1.807, 2.05) is 43.3 Å². The van der Waals surface area contributed by atoms with Crippen molar-refractivity contribution < 1.29 is 9.59 Å². The van der Waals surface area contributed by atoms with Crippen molar-refractivity contribution in [2.75, 3.05) is 5.32 Å². The van der Waals surface area contributed by atoms with Gasteiger partial charge in [-0.25, -0.2) is 4.68 Å². The van der Waals surface area contributed by atoms with Crippen molar-refractivity contribution in [3.63, 3.8) is 0 Å². The first-order chi connectivity index (χ1) is 13.4. The summed E-state index contributed by atoms with van der Waals surface area (Å²) in [6.07, 6.45) is 2.05. The monoisotopic (exact) mass is 376 g/mol. The number of hydrogen-bond acceptors (Lipinski definition) is 4. The van der Waals surface area contributed by atoms with Gasteiger partial charge in [-0.2, -0.15) is 0 Å². The summed E-state index contributed by atoms with van der Waals surface area (Å²) in [4.78, 5) is 24.5. The van der Waals surface area contributed by atoms with Crippen molar-refractivity contribution in [3.05, 3.63) is 71.5 Å². The second kappa shape index (κ2) is 8.61. The van der Waals surface area contributed by atoms with Gasteiger partial charge in [0, 0.05) is 24.1 Å². The normalized spacial score (nSPS) is 10.9. The van der Waals surface area contributed by atoms with Crippen molar-refractivity contribution in [1.29, 1.82) is 0 Å². The van der Waals surface area contributed by atoms with Crippen LogP contribution in [0.15, 0.2) is 54.7 Å². The number of rotatable bonds is 7. The maximum absolute atomic E-state index is 12.3. The summed E-state index contributed by atoms with van der Waals surface area (Å²) in [5, 5.41) is 11.0. The molecule has 6 heteroatoms. The van der Waals surface area contributed by atoms with Crippen LogP contribution in [0.3, 0.4) is 0 Å². The molecule has 6 nitrogen and oxygen atoms in total. The molecule has 28 heavy (non-hydrogen) atoms. The Balaban J connectivity index is 1.62. The molecule has 2 aromatic carbocycles. The van der Waals surface area contributed by atoms with Crippen molar-refractivity contribution in [1.82, 2.24) is 15.0 Å². The van der Waals surface area contributed by atoms with E-state index in [-0.39, 0.29) is 30.4 Å². The van der Waals surface area contributed by atoms with Crippen molar-refractivity contribution in [2.24, 2.45) is 0 Å². The highest BCUT2D eigenvalue weighted by Crippen LogP contribution is 2.20. The number of benzene rings is 2. The number of ketones is 1. The summed E-state index contributed by atoms with van der Waals surface area (Å²) in [6.45, 7) is 6.12. The summed E-state index contributed by atoms with van der Waals surface area (Å²) in [5.74, 6) is 0.0504. The molecule has 0 radical (unpaired) electrons. The molecule has 1 aromatic heterocycles. The number of nitrogens with zero attached hydrogens (tertiary/aromatic N) is 3. The van der Waals surface area contributed by atoms with E-state index < -0.39 is 0 Å². The van der Waals surface area contributed by atoms with E-state index in [9.17, 15) is 9.59 Å². The zero-order chi connectivity index (χ0) is 20.1. The Hall–Kier alpha value is -3.28. The molecule has 144 valence electrons. The summed E-state index contributed by atoms with van der Waals surface area (Å²) < 4.78 is 1.77. The van der Waals surface area contributed by atoms with E-state index in [1.54, 1.807) is 23.0 Å². The molecule has 1 heterocycles. The quantitative estimate of drug-likeness (QED) is 0.624. The Morgan fingerprint density at radius 1 is 1.07 bits per heavy atom. The van der Waals surface area contributed by atoms with Crippen LogP contribution in [0, 0.1) is 6.92 Å². The highest BCUT2D eigenvalue weighted by atomic mass is 16.2. The molecule has 0 atom stereocenters. The summed E-state index contributed by atoms with van der Waals surface area (Å²) in [5.41, 5.74) is 4.22. The fraction of sp³-hybridized carbons (Fsp3) is 0.273. The maximum Gasteiger partial charge on any atom is 0.224 e. The first kappa shape index (κ1) is 19.5. The predicted octanol–water partition coefficient (Wildman–Crippen LogP) is 4.30. The lowest BCUT2D eigenvalue weighted by molar-refractivity contribution is -0.116. The summed E-state index contributed by atoms with van der Waals surface area (Å²) in [6, 6.07) is 14.8. The predicted molar refractivity (Wildman–Crippen MR) is 109 cm³/mol. The SMILES string of the molecule is Cc1ccc(C(=O)CCC(=O)Nc2cccc(-n3nncc3C(C)C)c2)cc1. The molecule has 0 fully saturated rings. The molecule has 0 bridgehead atoms. The van der Waals surface area contributed by atoms with Gasteiger partial charge in [-0.15, -0.1) is 5.10 Å². The average molecular weight is 376 g/mol. The minimum Gasteiger partial charge on any atom is -0.326 e. The summed E-state index contributed by atoms with van der Waals surface area (Å²) in [7, 11) is 0. The lowest BCUT2D eigenvalue weighted by Crippen LogP contribution is -2.14. The molecule has 1 N–H and O–H groups in total. The van der Waals surface area contributed by atoms with Crippen LogP contribution in [0.4, 0.5) is 5.69 Å². The Morgan fingerprint density at radius 3 is 2.54 bits per heavy atom. The number of anilines is 1. The molecule has 0 saturated carbocycles. The van der Waals surface area contributed by atoms with E-state index >= 15 is 0 Å². The number of carbonyl (C=O) groups is 2. The second-order valence-electron chi connectivity index (χ2n) is 7.11. The molecule has 3 aromatic rings. The fourth-order valence-corrected chi connectivity index (χ4v) is 2.89. The zero-order valence-electron chi connectivity index (χ0n) is 16.3. The number of nitrogens with one attached hydrogen (secondary N) is 1. The van der Waals surface area contributed by atoms with Gasteiger partial charge in [0.1, 0.15) is 0 Å². The molecule has 1 amide bonds. The van der Waals surface area contributed by atoms with Crippen molar-refractivity contribution >= 4 is 17.4 Å². The van der Waals surface area contributed by atoms with Gasteiger partial charge in [0.05, 0.1) is 17.6 Å². The first-order valence-corrected chi connectivity index (χ1v) is 9.35. The molecular weight excluding hydrogens is 352 g/mol. The standard InChI is InChI=1S/C22H24N4O2/c1-15(2)20-14-23-25-26(20)19-6-4-5-18(13-19)24-22(28)12-11-21(27)17-9-7-16(3)8-10-17/h4-10,13-15H,11-12H2,1-3H3,(H,24,28). The largest absolute Gasteiger partial charge is 0.326 e. The molecule has 0 aliphatic heterocycles. The van der Waals surface area contributed by atoms with Gasteiger partial charge < -0.3 is 5.32 Å². The first-order valence-electron chi connectivity index (χ1n) is 9.35. The molecule has 0 aliphatic carbocycles. The summed E-state index contributed by atoms with van der Waals surface area (Å²) >= 11 is 0. The lowest BCUT2D eigenvalue weighted by atomic mass is 10.0. The van der Waals surface area contributed by atoms with Crippen LogP contribution >= 0.6 is 0 Å². The van der Waals surface area contributed by atoms with E-state index in [4.69, 9.17) is 0 Å². The average Bonchev–Trinajstić information content (AvgIpc) is 3.17. The number of hydrogen-bond donors (Lipinski definition) is 1. The minimum absolute atomic E-state index is 0.0342. The molecule has 0 aliphatic rings. The molecule has 3 rings (SSSR count). The van der Waals surface area contributed by atoms with Crippen LogP contribution in [0.1, 0.15) is 54.2 Å². The van der Waals surface area contributed by atoms with Crippen LogP contribution in [-0.2, 0) is 4.79 Å². The van der Waals surface area contributed by atoms with Crippen molar-refractivity contribution in [2.45, 2.75) is 39.5 Å². The zero-order valence-corrected chi connectivity index (χ0v) is 16.3. The van der Waals surface area contributed by atoms with Gasteiger partial charge in [-0.3, -0.25) is 9.59 Å². The van der Waals surface area contributed by atoms with E-state index in [2.05, 4.69) is 29.5 Å². The Bertz CT molecular complexity index is 974. The van der Waals surface area contributed by atoms with Gasteiger partial charge in [0.2, 0.25) is 5.91 Å².